The number of aliphatic hydroxyl groups is 1. The molecule has 6 nitrogen and oxygen atoms in total. The van der Waals surface area contributed by atoms with E-state index in [-0.39, 0.29) is 5.92 Å². The van der Waals surface area contributed by atoms with Gasteiger partial charge in [-0.3, -0.25) is 0 Å². The van der Waals surface area contributed by atoms with Crippen molar-refractivity contribution in [2.45, 2.75) is 38.2 Å². The molecule has 6 heteroatoms. The van der Waals surface area contributed by atoms with Crippen molar-refractivity contribution in [3.05, 3.63) is 78.1 Å². The third-order valence-corrected chi connectivity index (χ3v) is 7.04. The number of ether oxygens (including phenoxy) is 1. The van der Waals surface area contributed by atoms with E-state index < -0.39 is 5.60 Å². The lowest BCUT2D eigenvalue weighted by Gasteiger charge is -2.43. The molecule has 34 heavy (non-hydrogen) atoms. The average molecular weight is 451 g/mol. The maximum Gasteiger partial charge on any atom is 0.165 e. The molecule has 1 aliphatic rings. The van der Waals surface area contributed by atoms with Crippen molar-refractivity contribution < 1.29 is 9.84 Å². The highest BCUT2D eigenvalue weighted by atomic mass is 16.5. The van der Waals surface area contributed by atoms with E-state index >= 15 is 0 Å². The first-order chi connectivity index (χ1) is 16.4. The van der Waals surface area contributed by atoms with Crippen molar-refractivity contribution in [2.24, 2.45) is 0 Å². The number of benzene rings is 2. The van der Waals surface area contributed by atoms with Crippen LogP contribution < -0.4 is 4.74 Å². The van der Waals surface area contributed by atoms with Gasteiger partial charge < -0.3 is 9.84 Å². The van der Waals surface area contributed by atoms with Crippen LogP contribution >= 0.6 is 0 Å². The van der Waals surface area contributed by atoms with Crippen molar-refractivity contribution in [2.75, 3.05) is 7.11 Å². The van der Waals surface area contributed by atoms with Gasteiger partial charge in [0, 0.05) is 34.7 Å². The summed E-state index contributed by atoms with van der Waals surface area (Å²) in [4.78, 5) is 9.70. The lowest BCUT2D eigenvalue weighted by Crippen LogP contribution is -2.42. The van der Waals surface area contributed by atoms with Crippen LogP contribution in [0.2, 0.25) is 0 Å². The Balaban J connectivity index is 1.56. The molecule has 170 valence electrons. The number of hydrogen-bond donors (Lipinski definition) is 1. The maximum atomic E-state index is 10.5. The van der Waals surface area contributed by atoms with Crippen molar-refractivity contribution in [3.8, 4) is 28.1 Å². The number of fused-ring (bicyclic) bond motifs is 3. The molecule has 1 aliphatic carbocycles. The van der Waals surface area contributed by atoms with Gasteiger partial charge >= 0.3 is 0 Å². The third kappa shape index (κ3) is 3.33. The van der Waals surface area contributed by atoms with Crippen LogP contribution in [0.4, 0.5) is 0 Å². The summed E-state index contributed by atoms with van der Waals surface area (Å²) in [6, 6.07) is 20.6. The quantitative estimate of drug-likeness (QED) is 0.388. The summed E-state index contributed by atoms with van der Waals surface area (Å²) in [6.07, 6.45) is 3.71. The highest BCUT2D eigenvalue weighted by Crippen LogP contribution is 2.46. The second kappa shape index (κ2) is 7.64. The molecule has 2 unspecified atom stereocenters. The second-order valence-corrected chi connectivity index (χ2v) is 9.41. The lowest BCUT2D eigenvalue weighted by atomic mass is 9.67. The van der Waals surface area contributed by atoms with Gasteiger partial charge in [0.25, 0.3) is 0 Å². The molecule has 3 heterocycles. The minimum absolute atomic E-state index is 0.182. The van der Waals surface area contributed by atoms with Crippen molar-refractivity contribution in [1.29, 1.82) is 0 Å². The molecule has 0 radical (unpaired) electrons. The molecular weight excluding hydrogens is 424 g/mol. The molecule has 6 rings (SSSR count). The van der Waals surface area contributed by atoms with E-state index in [1.54, 1.807) is 7.11 Å². The van der Waals surface area contributed by atoms with E-state index in [2.05, 4.69) is 46.5 Å². The molecule has 0 aliphatic heterocycles. The lowest BCUT2D eigenvalue weighted by molar-refractivity contribution is -0.0405. The summed E-state index contributed by atoms with van der Waals surface area (Å²) >= 11 is 0. The number of methoxy groups -OCH3 is 1. The zero-order valence-corrected chi connectivity index (χ0v) is 19.5. The first-order valence-electron chi connectivity index (χ1n) is 11.6. The van der Waals surface area contributed by atoms with Crippen LogP contribution in [0.5, 0.6) is 5.75 Å². The van der Waals surface area contributed by atoms with Crippen LogP contribution in [-0.2, 0) is 0 Å². The van der Waals surface area contributed by atoms with Crippen LogP contribution in [0.1, 0.15) is 36.9 Å². The standard InChI is InChI=1S/C28H26N4O2/c1-17-13-25-29-16-21-15-23(20-5-4-6-22(14-20)34-3)26(30-27(21)32(25)31-17)19-9-7-18(8-10-19)24-11-12-28(24,2)33/h4-10,13-16,24,33H,11-12H2,1-3H3. The van der Waals surface area contributed by atoms with Crippen molar-refractivity contribution >= 4 is 16.7 Å². The largest absolute Gasteiger partial charge is 0.497 e. The SMILES string of the molecule is COc1cccc(-c2cc3cnc4cc(C)nn4c3nc2-c2ccc(C3CCC3(C)O)cc2)c1. The fourth-order valence-electron chi connectivity index (χ4n) is 4.99. The predicted molar refractivity (Wildman–Crippen MR) is 133 cm³/mol. The van der Waals surface area contributed by atoms with Crippen LogP contribution in [0, 0.1) is 6.92 Å². The molecule has 2 atom stereocenters. The summed E-state index contributed by atoms with van der Waals surface area (Å²) in [6.45, 7) is 3.88. The van der Waals surface area contributed by atoms with Gasteiger partial charge in [0.2, 0.25) is 0 Å². The monoisotopic (exact) mass is 450 g/mol. The highest BCUT2D eigenvalue weighted by molar-refractivity contribution is 5.91. The van der Waals surface area contributed by atoms with Crippen molar-refractivity contribution in [3.63, 3.8) is 0 Å². The van der Waals surface area contributed by atoms with Crippen LogP contribution in [0.3, 0.4) is 0 Å². The van der Waals surface area contributed by atoms with E-state index in [0.717, 1.165) is 68.9 Å². The number of hydrogen-bond acceptors (Lipinski definition) is 5. The van der Waals surface area contributed by atoms with Crippen molar-refractivity contribution in [1.82, 2.24) is 19.6 Å². The zero-order chi connectivity index (χ0) is 23.4. The summed E-state index contributed by atoms with van der Waals surface area (Å²) < 4.78 is 7.29. The molecule has 2 aromatic carbocycles. The average Bonchev–Trinajstić information content (AvgIpc) is 3.24. The summed E-state index contributed by atoms with van der Waals surface area (Å²) in [7, 11) is 1.67. The van der Waals surface area contributed by atoms with E-state index in [0.29, 0.717) is 0 Å². The van der Waals surface area contributed by atoms with Gasteiger partial charge in [0.1, 0.15) is 5.75 Å². The Morgan fingerprint density at radius 2 is 1.88 bits per heavy atom. The second-order valence-electron chi connectivity index (χ2n) is 9.41. The molecule has 1 saturated carbocycles. The molecule has 0 spiro atoms. The molecule has 5 aromatic rings. The zero-order valence-electron chi connectivity index (χ0n) is 19.5. The Hall–Kier alpha value is -3.77. The third-order valence-electron chi connectivity index (χ3n) is 7.04. The fourth-order valence-corrected chi connectivity index (χ4v) is 4.99. The van der Waals surface area contributed by atoms with E-state index in [4.69, 9.17) is 9.72 Å². The first-order valence-corrected chi connectivity index (χ1v) is 11.6. The summed E-state index contributed by atoms with van der Waals surface area (Å²) in [5.74, 6) is 0.976. The Kier molecular flexibility index (Phi) is 4.67. The van der Waals surface area contributed by atoms with Crippen LogP contribution in [-0.4, -0.2) is 37.4 Å². The minimum atomic E-state index is -0.620. The highest BCUT2D eigenvalue weighted by Gasteiger charge is 2.41. The topological polar surface area (TPSA) is 72.5 Å². The number of aromatic nitrogens is 4. The Labute approximate surface area is 197 Å². The molecule has 0 saturated heterocycles. The van der Waals surface area contributed by atoms with Gasteiger partial charge in [-0.2, -0.15) is 9.61 Å². The summed E-state index contributed by atoms with van der Waals surface area (Å²) in [5.41, 5.74) is 6.89. The molecule has 0 amide bonds. The van der Waals surface area contributed by atoms with Gasteiger partial charge in [0.05, 0.1) is 24.1 Å². The molecule has 1 N–H and O–H groups in total. The van der Waals surface area contributed by atoms with Crippen LogP contribution in [0.25, 0.3) is 39.1 Å². The number of aryl methyl sites for hydroxylation is 1. The number of rotatable bonds is 4. The van der Waals surface area contributed by atoms with E-state index in [9.17, 15) is 5.11 Å². The predicted octanol–water partition coefficient (Wildman–Crippen LogP) is 5.56. The number of pyridine rings is 1. The van der Waals surface area contributed by atoms with Gasteiger partial charge in [0.15, 0.2) is 11.3 Å². The Morgan fingerprint density at radius 1 is 1.06 bits per heavy atom. The van der Waals surface area contributed by atoms with E-state index in [1.165, 1.54) is 0 Å². The Morgan fingerprint density at radius 3 is 2.59 bits per heavy atom. The van der Waals surface area contributed by atoms with E-state index in [1.807, 2.05) is 48.8 Å². The fraction of sp³-hybridized carbons (Fsp3) is 0.250. The number of nitrogens with zero attached hydrogens (tertiary/aromatic N) is 4. The minimum Gasteiger partial charge on any atom is -0.497 e. The summed E-state index contributed by atoms with van der Waals surface area (Å²) in [5, 5.41) is 16.1. The Bertz CT molecular complexity index is 1540. The van der Waals surface area contributed by atoms with Crippen LogP contribution in [0.15, 0.2) is 66.9 Å². The smallest absolute Gasteiger partial charge is 0.165 e. The molecule has 3 aromatic heterocycles. The molecular formula is C28H26N4O2. The van der Waals surface area contributed by atoms with Gasteiger partial charge in [-0.1, -0.05) is 36.4 Å². The maximum absolute atomic E-state index is 10.5. The normalized spacial score (nSPS) is 19.9. The molecule has 0 bridgehead atoms. The molecule has 1 fully saturated rings. The van der Waals surface area contributed by atoms with Gasteiger partial charge in [-0.15, -0.1) is 0 Å². The first kappa shape index (κ1) is 20.8. The van der Waals surface area contributed by atoms with Gasteiger partial charge in [-0.25, -0.2) is 9.97 Å². The van der Waals surface area contributed by atoms with Gasteiger partial charge in [-0.05, 0) is 56.0 Å².